The minimum absolute atomic E-state index is 0.0888. The van der Waals surface area contributed by atoms with Crippen molar-refractivity contribution in [3.63, 3.8) is 0 Å². The lowest BCUT2D eigenvalue weighted by molar-refractivity contribution is -0.121. The van der Waals surface area contributed by atoms with Crippen LogP contribution in [0.1, 0.15) is 27.7 Å². The number of nitrogens with one attached hydrogen (secondary N) is 1. The Balaban J connectivity index is 2.24. The molecule has 2 aromatic rings. The molecule has 0 aliphatic carbocycles. The molecule has 1 amide bonds. The van der Waals surface area contributed by atoms with E-state index in [1.165, 1.54) is 16.4 Å². The Labute approximate surface area is 157 Å². The van der Waals surface area contributed by atoms with Gasteiger partial charge in [0.2, 0.25) is 11.1 Å². The highest BCUT2D eigenvalue weighted by Crippen LogP contribution is 2.33. The number of aromatic nitrogens is 3. The highest BCUT2D eigenvalue weighted by molar-refractivity contribution is 8.00. The minimum atomic E-state index is -0.369. The van der Waals surface area contributed by atoms with Gasteiger partial charge < -0.3 is 20.6 Å². The van der Waals surface area contributed by atoms with Crippen LogP contribution in [-0.4, -0.2) is 45.8 Å². The molecule has 26 heavy (non-hydrogen) atoms. The van der Waals surface area contributed by atoms with Crippen LogP contribution in [0, 0.1) is 0 Å². The van der Waals surface area contributed by atoms with Gasteiger partial charge in [0.1, 0.15) is 11.5 Å². The van der Waals surface area contributed by atoms with Crippen molar-refractivity contribution in [3.05, 3.63) is 18.2 Å². The van der Waals surface area contributed by atoms with Gasteiger partial charge in [-0.1, -0.05) is 11.8 Å². The SMILES string of the molecule is COc1ccc(-c2nnc(S[C@@H](C)C(=O)NC(C)(C)C)n2N)c(OC)c1. The molecule has 1 aromatic carbocycles. The summed E-state index contributed by atoms with van der Waals surface area (Å²) in [6, 6.07) is 5.34. The molecule has 0 radical (unpaired) electrons. The minimum Gasteiger partial charge on any atom is -0.497 e. The Bertz CT molecular complexity index is 785. The molecule has 0 bridgehead atoms. The number of nitrogens with zero attached hydrogens (tertiary/aromatic N) is 3. The van der Waals surface area contributed by atoms with Crippen LogP contribution in [0.3, 0.4) is 0 Å². The Kier molecular flexibility index (Phi) is 6.01. The van der Waals surface area contributed by atoms with Gasteiger partial charge in [-0.2, -0.15) is 0 Å². The third-order valence-corrected chi connectivity index (χ3v) is 4.52. The first-order valence-corrected chi connectivity index (χ1v) is 8.96. The predicted molar refractivity (Wildman–Crippen MR) is 102 cm³/mol. The largest absolute Gasteiger partial charge is 0.497 e. The van der Waals surface area contributed by atoms with E-state index in [0.29, 0.717) is 28.0 Å². The van der Waals surface area contributed by atoms with E-state index in [1.54, 1.807) is 39.3 Å². The Morgan fingerprint density at radius 3 is 2.54 bits per heavy atom. The summed E-state index contributed by atoms with van der Waals surface area (Å²) in [5.74, 6) is 7.74. The van der Waals surface area contributed by atoms with Gasteiger partial charge in [-0.3, -0.25) is 4.79 Å². The number of benzene rings is 1. The standard InChI is InChI=1S/C17H25N5O3S/c1-10(15(23)19-17(2,3)4)26-16-21-20-14(22(16)18)12-8-7-11(24-5)9-13(12)25-6/h7-10H,18H2,1-6H3,(H,19,23)/t10-/m0/s1. The quantitative estimate of drug-likeness (QED) is 0.585. The Morgan fingerprint density at radius 1 is 1.27 bits per heavy atom. The smallest absolute Gasteiger partial charge is 0.233 e. The second-order valence-corrected chi connectivity index (χ2v) is 8.05. The lowest BCUT2D eigenvalue weighted by Crippen LogP contribution is -2.44. The van der Waals surface area contributed by atoms with Gasteiger partial charge in [-0.05, 0) is 39.8 Å². The van der Waals surface area contributed by atoms with E-state index < -0.39 is 0 Å². The van der Waals surface area contributed by atoms with Crippen molar-refractivity contribution in [1.82, 2.24) is 20.2 Å². The second-order valence-electron chi connectivity index (χ2n) is 6.74. The molecule has 3 N–H and O–H groups in total. The maximum absolute atomic E-state index is 12.3. The first-order valence-electron chi connectivity index (χ1n) is 8.08. The van der Waals surface area contributed by atoms with Gasteiger partial charge in [0.25, 0.3) is 0 Å². The van der Waals surface area contributed by atoms with Crippen LogP contribution >= 0.6 is 11.8 Å². The van der Waals surface area contributed by atoms with Gasteiger partial charge in [-0.15, -0.1) is 10.2 Å². The molecule has 142 valence electrons. The molecular weight excluding hydrogens is 354 g/mol. The van der Waals surface area contributed by atoms with Crippen LogP contribution in [0.4, 0.5) is 0 Å². The molecule has 0 aliphatic rings. The zero-order chi connectivity index (χ0) is 19.5. The van der Waals surface area contributed by atoms with Crippen molar-refractivity contribution in [1.29, 1.82) is 0 Å². The summed E-state index contributed by atoms with van der Waals surface area (Å²) in [5.41, 5.74) is 0.381. The summed E-state index contributed by atoms with van der Waals surface area (Å²) in [6.07, 6.45) is 0. The molecule has 1 heterocycles. The third-order valence-electron chi connectivity index (χ3n) is 3.46. The molecule has 1 atom stereocenters. The van der Waals surface area contributed by atoms with Crippen LogP contribution in [0.15, 0.2) is 23.4 Å². The zero-order valence-corrected chi connectivity index (χ0v) is 16.7. The van der Waals surface area contributed by atoms with Gasteiger partial charge in [0.05, 0.1) is 25.0 Å². The number of rotatable bonds is 6. The maximum Gasteiger partial charge on any atom is 0.233 e. The first-order chi connectivity index (χ1) is 12.2. The summed E-state index contributed by atoms with van der Waals surface area (Å²) in [4.78, 5) is 12.3. The lowest BCUT2D eigenvalue weighted by atomic mass is 10.1. The number of ether oxygens (including phenoxy) is 2. The number of methoxy groups -OCH3 is 2. The van der Waals surface area contributed by atoms with E-state index in [-0.39, 0.29) is 16.7 Å². The summed E-state index contributed by atoms with van der Waals surface area (Å²) < 4.78 is 11.9. The number of nitrogen functional groups attached to an aromatic ring is 1. The van der Waals surface area contributed by atoms with Gasteiger partial charge in [0, 0.05) is 11.6 Å². The molecule has 0 unspecified atom stereocenters. The predicted octanol–water partition coefficient (Wildman–Crippen LogP) is 2.07. The molecule has 9 heteroatoms. The van der Waals surface area contributed by atoms with Crippen molar-refractivity contribution < 1.29 is 14.3 Å². The number of thioether (sulfide) groups is 1. The van der Waals surface area contributed by atoms with E-state index in [2.05, 4.69) is 15.5 Å². The average Bonchev–Trinajstić information content (AvgIpc) is 2.93. The molecule has 0 saturated heterocycles. The molecule has 0 aliphatic heterocycles. The van der Waals surface area contributed by atoms with E-state index in [1.807, 2.05) is 20.8 Å². The fraction of sp³-hybridized carbons (Fsp3) is 0.471. The fourth-order valence-electron chi connectivity index (χ4n) is 2.21. The molecule has 2 rings (SSSR count). The van der Waals surface area contributed by atoms with Gasteiger partial charge >= 0.3 is 0 Å². The number of hydrogen-bond acceptors (Lipinski definition) is 7. The summed E-state index contributed by atoms with van der Waals surface area (Å²) in [5, 5.41) is 11.3. The normalized spacial score (nSPS) is 12.5. The van der Waals surface area contributed by atoms with E-state index >= 15 is 0 Å². The van der Waals surface area contributed by atoms with Crippen LogP contribution < -0.4 is 20.6 Å². The third kappa shape index (κ3) is 4.60. The van der Waals surface area contributed by atoms with Crippen LogP contribution in [0.2, 0.25) is 0 Å². The van der Waals surface area contributed by atoms with Gasteiger partial charge in [0.15, 0.2) is 5.82 Å². The molecule has 0 fully saturated rings. The van der Waals surface area contributed by atoms with Crippen LogP contribution in [0.5, 0.6) is 11.5 Å². The van der Waals surface area contributed by atoms with E-state index in [9.17, 15) is 4.79 Å². The monoisotopic (exact) mass is 379 g/mol. The summed E-state index contributed by atoms with van der Waals surface area (Å²) in [7, 11) is 3.14. The molecule has 1 aromatic heterocycles. The summed E-state index contributed by atoms with van der Waals surface area (Å²) in [6.45, 7) is 7.60. The van der Waals surface area contributed by atoms with Crippen molar-refractivity contribution in [2.24, 2.45) is 0 Å². The molecule has 0 spiro atoms. The van der Waals surface area contributed by atoms with Crippen molar-refractivity contribution >= 4 is 17.7 Å². The van der Waals surface area contributed by atoms with Crippen molar-refractivity contribution in [2.75, 3.05) is 20.1 Å². The number of carbonyl (C=O) groups excluding carboxylic acids is 1. The number of amides is 1. The second kappa shape index (κ2) is 7.86. The number of carbonyl (C=O) groups is 1. The van der Waals surface area contributed by atoms with E-state index in [0.717, 1.165) is 0 Å². The molecule has 0 saturated carbocycles. The van der Waals surface area contributed by atoms with E-state index in [4.69, 9.17) is 15.3 Å². The molecule has 8 nitrogen and oxygen atoms in total. The number of hydrogen-bond donors (Lipinski definition) is 2. The first kappa shape index (κ1) is 19.9. The molecular formula is C17H25N5O3S. The zero-order valence-electron chi connectivity index (χ0n) is 15.9. The van der Waals surface area contributed by atoms with Crippen LogP contribution in [-0.2, 0) is 4.79 Å². The number of nitrogens with two attached hydrogens (primary N) is 1. The average molecular weight is 379 g/mol. The Hall–Kier alpha value is -2.42. The lowest BCUT2D eigenvalue weighted by Gasteiger charge is -2.22. The summed E-state index contributed by atoms with van der Waals surface area (Å²) >= 11 is 1.24. The highest BCUT2D eigenvalue weighted by atomic mass is 32.2. The highest BCUT2D eigenvalue weighted by Gasteiger charge is 2.24. The maximum atomic E-state index is 12.3. The fourth-order valence-corrected chi connectivity index (χ4v) is 2.98. The van der Waals surface area contributed by atoms with Crippen molar-refractivity contribution in [3.8, 4) is 22.9 Å². The Morgan fingerprint density at radius 2 is 1.96 bits per heavy atom. The van der Waals surface area contributed by atoms with Gasteiger partial charge in [-0.25, -0.2) is 4.68 Å². The topological polar surface area (TPSA) is 104 Å². The van der Waals surface area contributed by atoms with Crippen LogP contribution in [0.25, 0.3) is 11.4 Å². The van der Waals surface area contributed by atoms with Crippen molar-refractivity contribution in [2.45, 2.75) is 43.6 Å².